The van der Waals surface area contributed by atoms with E-state index in [0.29, 0.717) is 28.3 Å². The second kappa shape index (κ2) is 8.26. The molecule has 2 heterocycles. The number of hydrogen-bond donors (Lipinski definition) is 2. The van der Waals surface area contributed by atoms with Crippen LogP contribution >= 0.6 is 11.6 Å². The molecule has 30 heavy (non-hydrogen) atoms. The van der Waals surface area contributed by atoms with E-state index in [1.165, 1.54) is 12.1 Å². The van der Waals surface area contributed by atoms with E-state index in [4.69, 9.17) is 17.3 Å². The van der Waals surface area contributed by atoms with Crippen LogP contribution in [-0.2, 0) is 0 Å². The average Bonchev–Trinajstić information content (AvgIpc) is 3.24. The predicted octanol–water partition coefficient (Wildman–Crippen LogP) is 4.48. The monoisotopic (exact) mass is 419 g/mol. The molecule has 2 aromatic carbocycles. The highest BCUT2D eigenvalue weighted by atomic mass is 35.5. The first-order valence-electron chi connectivity index (χ1n) is 8.92. The van der Waals surface area contributed by atoms with Gasteiger partial charge in [0.1, 0.15) is 17.3 Å². The van der Waals surface area contributed by atoms with E-state index < -0.39 is 11.7 Å². The van der Waals surface area contributed by atoms with Crippen molar-refractivity contribution in [3.63, 3.8) is 0 Å². The molecule has 0 saturated heterocycles. The number of hydrogen-bond acceptors (Lipinski definition) is 3. The molecule has 0 atom stereocenters. The minimum Gasteiger partial charge on any atom is -0.382 e. The molecule has 1 amide bonds. The van der Waals surface area contributed by atoms with Crippen molar-refractivity contribution in [1.82, 2.24) is 15.0 Å². The zero-order valence-electron chi connectivity index (χ0n) is 15.5. The fraction of sp³-hybridized carbons (Fsp3) is 0. The topological polar surface area (TPSA) is 97.0 Å². The first-order chi connectivity index (χ1) is 14.5. The van der Waals surface area contributed by atoms with E-state index >= 15 is 0 Å². The Kier molecular flexibility index (Phi) is 5.36. The highest BCUT2D eigenvalue weighted by molar-refractivity contribution is 6.33. The third-order valence-corrected chi connectivity index (χ3v) is 4.67. The number of carbonyl (C=O) groups excluding carboxylic acids is 1. The standard InChI is InChI=1S/C22H15ClFN5O/c23-15-7-4-8-16(24)19(15)21-27-12-18(28-21)14-9-10-17(26-11-14)20(25)29-22(30)13-5-2-1-3-6-13/h1-12H,(H,27,28)(H2,25,29,30). The van der Waals surface area contributed by atoms with Gasteiger partial charge in [-0.15, -0.1) is 0 Å². The number of rotatable bonds is 4. The molecular formula is C22H15ClFN5O. The van der Waals surface area contributed by atoms with E-state index in [1.807, 2.05) is 6.07 Å². The van der Waals surface area contributed by atoms with E-state index in [1.54, 1.807) is 54.9 Å². The summed E-state index contributed by atoms with van der Waals surface area (Å²) in [6.07, 6.45) is 3.12. The SMILES string of the molecule is NC(=NC(=O)c1ccccc1)c1ccc(-c2cnc(-c3c(F)cccc3Cl)[nH]2)cn1. The summed E-state index contributed by atoms with van der Waals surface area (Å²) in [7, 11) is 0. The van der Waals surface area contributed by atoms with Crippen molar-refractivity contribution in [2.75, 3.05) is 0 Å². The van der Waals surface area contributed by atoms with Crippen LogP contribution in [0.4, 0.5) is 4.39 Å². The second-order valence-corrected chi connectivity index (χ2v) is 6.75. The van der Waals surface area contributed by atoms with Gasteiger partial charge in [0.15, 0.2) is 5.84 Å². The number of amidine groups is 1. The molecule has 6 nitrogen and oxygen atoms in total. The number of pyridine rings is 1. The Bertz CT molecular complexity index is 1220. The van der Waals surface area contributed by atoms with Gasteiger partial charge in [-0.3, -0.25) is 9.78 Å². The Morgan fingerprint density at radius 2 is 1.80 bits per heavy atom. The van der Waals surface area contributed by atoms with Crippen LogP contribution in [0.1, 0.15) is 16.1 Å². The third kappa shape index (κ3) is 3.97. The molecular weight excluding hydrogens is 405 g/mol. The molecule has 3 N–H and O–H groups in total. The van der Waals surface area contributed by atoms with Crippen LogP contribution in [0.25, 0.3) is 22.6 Å². The zero-order chi connectivity index (χ0) is 21.1. The van der Waals surface area contributed by atoms with Gasteiger partial charge in [-0.25, -0.2) is 9.37 Å². The fourth-order valence-electron chi connectivity index (χ4n) is 2.84. The van der Waals surface area contributed by atoms with Crippen molar-refractivity contribution in [2.24, 2.45) is 10.7 Å². The van der Waals surface area contributed by atoms with Gasteiger partial charge in [-0.1, -0.05) is 35.9 Å². The number of amides is 1. The van der Waals surface area contributed by atoms with Crippen molar-refractivity contribution in [3.05, 3.63) is 95.2 Å². The predicted molar refractivity (Wildman–Crippen MR) is 114 cm³/mol. The van der Waals surface area contributed by atoms with Gasteiger partial charge in [0, 0.05) is 17.3 Å². The quantitative estimate of drug-likeness (QED) is 0.376. The smallest absolute Gasteiger partial charge is 0.278 e. The summed E-state index contributed by atoms with van der Waals surface area (Å²) in [6, 6.07) is 16.5. The number of halogens is 2. The first-order valence-corrected chi connectivity index (χ1v) is 9.30. The molecule has 0 aliphatic heterocycles. The molecule has 0 unspecified atom stereocenters. The lowest BCUT2D eigenvalue weighted by Gasteiger charge is -2.03. The number of aromatic nitrogens is 3. The summed E-state index contributed by atoms with van der Waals surface area (Å²) in [4.78, 5) is 27.6. The first kappa shape index (κ1) is 19.5. The Labute approximate surface area is 176 Å². The molecule has 0 aliphatic carbocycles. The molecule has 0 spiro atoms. The van der Waals surface area contributed by atoms with Crippen molar-refractivity contribution in [1.29, 1.82) is 0 Å². The van der Waals surface area contributed by atoms with E-state index in [2.05, 4.69) is 19.9 Å². The highest BCUT2D eigenvalue weighted by Gasteiger charge is 2.14. The molecule has 4 aromatic rings. The minimum atomic E-state index is -0.469. The lowest BCUT2D eigenvalue weighted by Crippen LogP contribution is -2.17. The van der Waals surface area contributed by atoms with Gasteiger partial charge in [0.2, 0.25) is 0 Å². The molecule has 148 valence electrons. The van der Waals surface area contributed by atoms with Gasteiger partial charge >= 0.3 is 0 Å². The number of nitrogens with one attached hydrogen (secondary N) is 1. The lowest BCUT2D eigenvalue weighted by molar-refractivity contribution is 0.100. The number of carbonyl (C=O) groups is 1. The van der Waals surface area contributed by atoms with Crippen molar-refractivity contribution in [3.8, 4) is 22.6 Å². The average molecular weight is 420 g/mol. The summed E-state index contributed by atoms with van der Waals surface area (Å²) in [5.74, 6) is -0.589. The molecule has 4 rings (SSSR count). The maximum atomic E-state index is 14.1. The van der Waals surface area contributed by atoms with Gasteiger partial charge in [0.05, 0.1) is 22.5 Å². The third-order valence-electron chi connectivity index (χ3n) is 4.36. The van der Waals surface area contributed by atoms with Gasteiger partial charge in [0.25, 0.3) is 5.91 Å². The largest absolute Gasteiger partial charge is 0.382 e. The summed E-state index contributed by atoms with van der Waals surface area (Å²) >= 11 is 6.09. The Morgan fingerprint density at radius 3 is 2.50 bits per heavy atom. The number of imidazole rings is 1. The number of benzene rings is 2. The molecule has 2 aromatic heterocycles. The summed E-state index contributed by atoms with van der Waals surface area (Å²) in [5, 5.41) is 0.261. The molecule has 8 heteroatoms. The number of nitrogens with zero attached hydrogens (tertiary/aromatic N) is 3. The van der Waals surface area contributed by atoms with E-state index in [-0.39, 0.29) is 16.4 Å². The maximum Gasteiger partial charge on any atom is 0.278 e. The van der Waals surface area contributed by atoms with Crippen LogP contribution in [0.2, 0.25) is 5.02 Å². The summed E-state index contributed by atoms with van der Waals surface area (Å²) in [5.41, 5.74) is 8.25. The van der Waals surface area contributed by atoms with Crippen LogP contribution in [0, 0.1) is 5.82 Å². The Hall–Kier alpha value is -3.84. The van der Waals surface area contributed by atoms with Crippen molar-refractivity contribution in [2.45, 2.75) is 0 Å². The van der Waals surface area contributed by atoms with Crippen LogP contribution in [-0.4, -0.2) is 26.7 Å². The summed E-state index contributed by atoms with van der Waals surface area (Å²) in [6.45, 7) is 0. The van der Waals surface area contributed by atoms with E-state index in [0.717, 1.165) is 0 Å². The lowest BCUT2D eigenvalue weighted by atomic mass is 10.2. The van der Waals surface area contributed by atoms with Gasteiger partial charge in [-0.05, 0) is 36.4 Å². The number of nitrogens with two attached hydrogens (primary N) is 1. The maximum absolute atomic E-state index is 14.1. The van der Waals surface area contributed by atoms with Crippen LogP contribution in [0.15, 0.2) is 78.0 Å². The summed E-state index contributed by atoms with van der Waals surface area (Å²) < 4.78 is 14.1. The van der Waals surface area contributed by atoms with Crippen LogP contribution in [0.3, 0.4) is 0 Å². The number of H-pyrrole nitrogens is 1. The molecule has 0 bridgehead atoms. The molecule has 0 aliphatic rings. The highest BCUT2D eigenvalue weighted by Crippen LogP contribution is 2.30. The van der Waals surface area contributed by atoms with Gasteiger partial charge in [-0.2, -0.15) is 4.99 Å². The fourth-order valence-corrected chi connectivity index (χ4v) is 3.09. The Balaban J connectivity index is 1.57. The van der Waals surface area contributed by atoms with Crippen LogP contribution < -0.4 is 5.73 Å². The molecule has 0 fully saturated rings. The number of aromatic amines is 1. The van der Waals surface area contributed by atoms with Crippen LogP contribution in [0.5, 0.6) is 0 Å². The minimum absolute atomic E-state index is 0.0128. The van der Waals surface area contributed by atoms with Gasteiger partial charge < -0.3 is 10.7 Å². The molecule has 0 saturated carbocycles. The Morgan fingerprint density at radius 1 is 1.00 bits per heavy atom. The molecule has 0 radical (unpaired) electrons. The zero-order valence-corrected chi connectivity index (χ0v) is 16.3. The van der Waals surface area contributed by atoms with Crippen molar-refractivity contribution >= 4 is 23.3 Å². The van der Waals surface area contributed by atoms with E-state index in [9.17, 15) is 9.18 Å². The second-order valence-electron chi connectivity index (χ2n) is 6.34. The van der Waals surface area contributed by atoms with Crippen molar-refractivity contribution < 1.29 is 9.18 Å². The number of aliphatic imine (C=N–C) groups is 1. The normalized spacial score (nSPS) is 11.5.